The molecule has 4 heteroatoms. The Labute approximate surface area is 109 Å². The Morgan fingerprint density at radius 2 is 2.00 bits per heavy atom. The van der Waals surface area contributed by atoms with Gasteiger partial charge in [0.15, 0.2) is 0 Å². The summed E-state index contributed by atoms with van der Waals surface area (Å²) in [5.41, 5.74) is 0.275. The molecular weight excluding hydrogens is 224 g/mol. The van der Waals surface area contributed by atoms with Gasteiger partial charge in [-0.3, -0.25) is 0 Å². The van der Waals surface area contributed by atoms with Gasteiger partial charge in [-0.05, 0) is 39.0 Å². The highest BCUT2D eigenvalue weighted by molar-refractivity contribution is 5.50. The molecule has 0 saturated heterocycles. The van der Waals surface area contributed by atoms with Crippen molar-refractivity contribution in [2.45, 2.75) is 57.4 Å². The second-order valence-corrected chi connectivity index (χ2v) is 5.88. The first kappa shape index (κ1) is 11.8. The van der Waals surface area contributed by atoms with E-state index in [2.05, 4.69) is 34.4 Å². The van der Waals surface area contributed by atoms with Gasteiger partial charge in [-0.25, -0.2) is 9.97 Å². The van der Waals surface area contributed by atoms with Crippen LogP contribution in [0.2, 0.25) is 0 Å². The molecule has 2 N–H and O–H groups in total. The molecule has 0 aliphatic heterocycles. The van der Waals surface area contributed by atoms with Crippen molar-refractivity contribution in [2.24, 2.45) is 0 Å². The third-order valence-corrected chi connectivity index (χ3v) is 3.67. The Hall–Kier alpha value is -1.32. The van der Waals surface area contributed by atoms with E-state index in [1.807, 2.05) is 6.07 Å². The molecule has 0 amide bonds. The molecule has 1 heterocycles. The Balaban J connectivity index is 1.79. The summed E-state index contributed by atoms with van der Waals surface area (Å²) in [7, 11) is 0. The largest absolute Gasteiger partial charge is 0.370 e. The molecule has 2 saturated carbocycles. The predicted molar refractivity (Wildman–Crippen MR) is 74.0 cm³/mol. The summed E-state index contributed by atoms with van der Waals surface area (Å²) in [6.45, 7) is 5.39. The van der Waals surface area contributed by atoms with Crippen molar-refractivity contribution >= 4 is 11.6 Å². The molecule has 0 atom stereocenters. The van der Waals surface area contributed by atoms with Crippen LogP contribution in [0, 0.1) is 0 Å². The number of nitrogens with zero attached hydrogens (tertiary/aromatic N) is 2. The fourth-order valence-corrected chi connectivity index (χ4v) is 2.02. The van der Waals surface area contributed by atoms with Gasteiger partial charge in [0.25, 0.3) is 0 Å². The van der Waals surface area contributed by atoms with Gasteiger partial charge >= 0.3 is 0 Å². The summed E-state index contributed by atoms with van der Waals surface area (Å²) < 4.78 is 0. The molecule has 0 radical (unpaired) electrons. The van der Waals surface area contributed by atoms with Gasteiger partial charge in [-0.1, -0.05) is 6.92 Å². The van der Waals surface area contributed by atoms with Crippen molar-refractivity contribution in [2.75, 3.05) is 17.2 Å². The van der Waals surface area contributed by atoms with Crippen molar-refractivity contribution in [1.82, 2.24) is 9.97 Å². The van der Waals surface area contributed by atoms with Crippen LogP contribution >= 0.6 is 0 Å². The molecule has 0 spiro atoms. The van der Waals surface area contributed by atoms with Crippen LogP contribution in [-0.4, -0.2) is 22.1 Å². The van der Waals surface area contributed by atoms with E-state index in [1.54, 1.807) is 0 Å². The zero-order valence-corrected chi connectivity index (χ0v) is 11.3. The first-order valence-electron chi connectivity index (χ1n) is 7.09. The number of hydrogen-bond acceptors (Lipinski definition) is 4. The maximum Gasteiger partial charge on any atom is 0.136 e. The molecule has 18 heavy (non-hydrogen) atoms. The quantitative estimate of drug-likeness (QED) is 0.809. The first-order valence-corrected chi connectivity index (χ1v) is 7.09. The minimum Gasteiger partial charge on any atom is -0.370 e. The molecule has 1 aromatic heterocycles. The standard InChI is InChI=1S/C14H22N4/c1-3-8-15-11-9-12(18-14(2)6-7-14)17-13(16-11)10-4-5-10/h9-10H,3-8H2,1-2H3,(H2,15,16,17,18). The third-order valence-electron chi connectivity index (χ3n) is 3.67. The minimum atomic E-state index is 0.275. The molecule has 0 bridgehead atoms. The van der Waals surface area contributed by atoms with Crippen LogP contribution < -0.4 is 10.6 Å². The van der Waals surface area contributed by atoms with E-state index in [0.717, 1.165) is 30.4 Å². The molecule has 4 nitrogen and oxygen atoms in total. The smallest absolute Gasteiger partial charge is 0.136 e. The Morgan fingerprint density at radius 1 is 1.28 bits per heavy atom. The van der Waals surface area contributed by atoms with Gasteiger partial charge in [-0.2, -0.15) is 0 Å². The fourth-order valence-electron chi connectivity index (χ4n) is 2.02. The number of hydrogen-bond donors (Lipinski definition) is 2. The molecule has 2 aliphatic rings. The Kier molecular flexibility index (Phi) is 2.88. The van der Waals surface area contributed by atoms with Crippen LogP contribution in [0.1, 0.15) is 57.7 Å². The third kappa shape index (κ3) is 2.74. The van der Waals surface area contributed by atoms with Gasteiger partial charge in [0.05, 0.1) is 0 Å². The van der Waals surface area contributed by atoms with Crippen molar-refractivity contribution in [1.29, 1.82) is 0 Å². The van der Waals surface area contributed by atoms with Crippen LogP contribution in [0.5, 0.6) is 0 Å². The summed E-state index contributed by atoms with van der Waals surface area (Å²) in [5.74, 6) is 3.58. The van der Waals surface area contributed by atoms with Gasteiger partial charge in [0, 0.05) is 24.1 Å². The summed E-state index contributed by atoms with van der Waals surface area (Å²) in [6.07, 6.45) is 6.09. The van der Waals surface area contributed by atoms with E-state index in [-0.39, 0.29) is 5.54 Å². The van der Waals surface area contributed by atoms with E-state index < -0.39 is 0 Å². The van der Waals surface area contributed by atoms with Gasteiger partial charge in [-0.15, -0.1) is 0 Å². The monoisotopic (exact) mass is 246 g/mol. The van der Waals surface area contributed by atoms with Gasteiger partial charge in [0.2, 0.25) is 0 Å². The molecule has 0 unspecified atom stereocenters. The molecule has 2 aliphatic carbocycles. The molecule has 98 valence electrons. The fraction of sp³-hybridized carbons (Fsp3) is 0.714. The number of nitrogens with one attached hydrogen (secondary N) is 2. The topological polar surface area (TPSA) is 49.8 Å². The highest BCUT2D eigenvalue weighted by Gasteiger charge is 2.38. The zero-order chi connectivity index (χ0) is 12.6. The Morgan fingerprint density at radius 3 is 2.61 bits per heavy atom. The molecule has 1 aromatic rings. The van der Waals surface area contributed by atoms with Crippen LogP contribution in [0.25, 0.3) is 0 Å². The summed E-state index contributed by atoms with van der Waals surface area (Å²) >= 11 is 0. The molecular formula is C14H22N4. The maximum absolute atomic E-state index is 4.67. The molecule has 3 rings (SSSR count). The summed E-state index contributed by atoms with van der Waals surface area (Å²) in [5, 5.41) is 6.91. The molecule has 0 aromatic carbocycles. The SMILES string of the molecule is CCCNc1cc(NC2(C)CC2)nc(C2CC2)n1. The average molecular weight is 246 g/mol. The minimum absolute atomic E-state index is 0.275. The number of anilines is 2. The highest BCUT2D eigenvalue weighted by Crippen LogP contribution is 2.41. The van der Waals surface area contributed by atoms with E-state index in [1.165, 1.54) is 25.7 Å². The van der Waals surface area contributed by atoms with Crippen LogP contribution in [-0.2, 0) is 0 Å². The lowest BCUT2D eigenvalue weighted by molar-refractivity contribution is 0.810. The zero-order valence-electron chi connectivity index (χ0n) is 11.3. The van der Waals surface area contributed by atoms with Crippen LogP contribution in [0.15, 0.2) is 6.07 Å². The van der Waals surface area contributed by atoms with E-state index >= 15 is 0 Å². The maximum atomic E-state index is 4.67. The van der Waals surface area contributed by atoms with Gasteiger partial charge < -0.3 is 10.6 Å². The van der Waals surface area contributed by atoms with Crippen LogP contribution in [0.4, 0.5) is 11.6 Å². The number of rotatable bonds is 6. The normalized spacial score (nSPS) is 20.6. The van der Waals surface area contributed by atoms with Crippen molar-refractivity contribution in [3.05, 3.63) is 11.9 Å². The Bertz CT molecular complexity index is 435. The highest BCUT2D eigenvalue weighted by atomic mass is 15.1. The van der Waals surface area contributed by atoms with Crippen molar-refractivity contribution in [3.8, 4) is 0 Å². The summed E-state index contributed by atoms with van der Waals surface area (Å²) in [6, 6.07) is 2.05. The summed E-state index contributed by atoms with van der Waals surface area (Å²) in [4.78, 5) is 9.29. The lowest BCUT2D eigenvalue weighted by Gasteiger charge is -2.14. The number of aromatic nitrogens is 2. The van der Waals surface area contributed by atoms with Crippen molar-refractivity contribution < 1.29 is 0 Å². The molecule has 2 fully saturated rings. The van der Waals surface area contributed by atoms with E-state index in [0.29, 0.717) is 5.92 Å². The lowest BCUT2D eigenvalue weighted by Crippen LogP contribution is -2.18. The van der Waals surface area contributed by atoms with Gasteiger partial charge in [0.1, 0.15) is 17.5 Å². The second-order valence-electron chi connectivity index (χ2n) is 5.88. The lowest BCUT2D eigenvalue weighted by atomic mass is 10.3. The van der Waals surface area contributed by atoms with Crippen LogP contribution in [0.3, 0.4) is 0 Å². The first-order chi connectivity index (χ1) is 8.68. The predicted octanol–water partition coefficient (Wildman–Crippen LogP) is 3.14. The second kappa shape index (κ2) is 4.41. The van der Waals surface area contributed by atoms with Crippen molar-refractivity contribution in [3.63, 3.8) is 0 Å². The average Bonchev–Trinajstić information content (AvgIpc) is 3.22. The van der Waals surface area contributed by atoms with E-state index in [9.17, 15) is 0 Å². The van der Waals surface area contributed by atoms with E-state index in [4.69, 9.17) is 0 Å².